The van der Waals surface area contributed by atoms with E-state index >= 15 is 0 Å². The Morgan fingerprint density at radius 3 is 2.58 bits per heavy atom. The SMILES string of the molecule is CC1CCCN1Cc1ccc(C2(O)CC(C(=O)N3CCCC3)C2)cc1Cl. The Kier molecular flexibility index (Phi) is 5.02. The standard InChI is InChI=1S/C21H29ClN2O2/c1-15-5-4-10-24(15)14-16-6-7-18(11-19(16)22)21(26)12-17(13-21)20(25)23-8-2-3-9-23/h6-7,11,15,17,26H,2-5,8-10,12-14H2,1H3. The van der Waals surface area contributed by atoms with Crippen molar-refractivity contribution in [2.75, 3.05) is 19.6 Å². The van der Waals surface area contributed by atoms with Gasteiger partial charge in [-0.25, -0.2) is 0 Å². The van der Waals surface area contributed by atoms with Crippen molar-refractivity contribution in [2.45, 2.75) is 63.6 Å². The second-order valence-corrected chi connectivity index (χ2v) is 8.84. The van der Waals surface area contributed by atoms with Gasteiger partial charge >= 0.3 is 0 Å². The van der Waals surface area contributed by atoms with Crippen molar-refractivity contribution < 1.29 is 9.90 Å². The Labute approximate surface area is 161 Å². The van der Waals surface area contributed by atoms with Gasteiger partial charge in [-0.15, -0.1) is 0 Å². The van der Waals surface area contributed by atoms with Crippen LogP contribution in [0, 0.1) is 5.92 Å². The molecule has 1 amide bonds. The molecule has 0 bridgehead atoms. The van der Waals surface area contributed by atoms with Crippen LogP contribution in [0.1, 0.15) is 56.6 Å². The van der Waals surface area contributed by atoms with Crippen LogP contribution in [0.5, 0.6) is 0 Å². The van der Waals surface area contributed by atoms with E-state index in [0.29, 0.717) is 18.9 Å². The molecular formula is C21H29ClN2O2. The molecule has 2 heterocycles. The van der Waals surface area contributed by atoms with Gasteiger partial charge in [-0.1, -0.05) is 23.7 Å². The molecular weight excluding hydrogens is 348 g/mol. The maximum atomic E-state index is 12.5. The van der Waals surface area contributed by atoms with Crippen LogP contribution < -0.4 is 0 Å². The van der Waals surface area contributed by atoms with E-state index in [0.717, 1.165) is 55.2 Å². The Morgan fingerprint density at radius 2 is 1.96 bits per heavy atom. The van der Waals surface area contributed by atoms with Crippen LogP contribution in [0.3, 0.4) is 0 Å². The predicted molar refractivity (Wildman–Crippen MR) is 103 cm³/mol. The highest BCUT2D eigenvalue weighted by molar-refractivity contribution is 6.31. The molecule has 1 aliphatic carbocycles. The first-order valence-electron chi connectivity index (χ1n) is 10.0. The van der Waals surface area contributed by atoms with Crippen molar-refractivity contribution in [1.29, 1.82) is 0 Å². The van der Waals surface area contributed by atoms with Gasteiger partial charge in [0.2, 0.25) is 5.91 Å². The third-order valence-electron chi connectivity index (χ3n) is 6.59. The summed E-state index contributed by atoms with van der Waals surface area (Å²) in [7, 11) is 0. The average molecular weight is 377 g/mol. The Morgan fingerprint density at radius 1 is 1.23 bits per heavy atom. The van der Waals surface area contributed by atoms with Gasteiger partial charge in [0, 0.05) is 36.6 Å². The lowest BCUT2D eigenvalue weighted by molar-refractivity contribution is -0.152. The van der Waals surface area contributed by atoms with Crippen molar-refractivity contribution in [3.8, 4) is 0 Å². The quantitative estimate of drug-likeness (QED) is 0.874. The Hall–Kier alpha value is -1.10. The van der Waals surface area contributed by atoms with Crippen molar-refractivity contribution in [2.24, 2.45) is 5.92 Å². The number of likely N-dealkylation sites (tertiary alicyclic amines) is 2. The summed E-state index contributed by atoms with van der Waals surface area (Å²) in [5.41, 5.74) is 1.08. The van der Waals surface area contributed by atoms with Gasteiger partial charge in [0.15, 0.2) is 0 Å². The van der Waals surface area contributed by atoms with Crippen LogP contribution in [0.25, 0.3) is 0 Å². The lowest BCUT2D eigenvalue weighted by atomic mass is 9.67. The molecule has 3 aliphatic rings. The summed E-state index contributed by atoms with van der Waals surface area (Å²) < 4.78 is 0. The fourth-order valence-corrected chi connectivity index (χ4v) is 5.01. The number of benzene rings is 1. The highest BCUT2D eigenvalue weighted by atomic mass is 35.5. The highest BCUT2D eigenvalue weighted by Gasteiger charge is 2.48. The van der Waals surface area contributed by atoms with Crippen molar-refractivity contribution >= 4 is 17.5 Å². The van der Waals surface area contributed by atoms with E-state index in [1.807, 2.05) is 17.0 Å². The molecule has 1 unspecified atom stereocenters. The Balaban J connectivity index is 1.40. The molecule has 1 atom stereocenters. The van der Waals surface area contributed by atoms with Crippen LogP contribution in [-0.4, -0.2) is 46.5 Å². The summed E-state index contributed by atoms with van der Waals surface area (Å²) in [5, 5.41) is 11.7. The zero-order chi connectivity index (χ0) is 18.3. The molecule has 1 N–H and O–H groups in total. The molecule has 5 heteroatoms. The zero-order valence-corrected chi connectivity index (χ0v) is 16.3. The molecule has 26 heavy (non-hydrogen) atoms. The molecule has 1 aromatic carbocycles. The monoisotopic (exact) mass is 376 g/mol. The number of amides is 1. The van der Waals surface area contributed by atoms with Crippen molar-refractivity contribution in [3.05, 3.63) is 34.3 Å². The maximum absolute atomic E-state index is 12.5. The predicted octanol–water partition coefficient (Wildman–Crippen LogP) is 3.54. The van der Waals surface area contributed by atoms with Gasteiger partial charge in [0.05, 0.1) is 5.60 Å². The lowest BCUT2D eigenvalue weighted by Gasteiger charge is -2.44. The minimum atomic E-state index is -0.900. The summed E-state index contributed by atoms with van der Waals surface area (Å²) in [6.07, 6.45) is 5.75. The number of carbonyl (C=O) groups excluding carboxylic acids is 1. The van der Waals surface area contributed by atoms with Gasteiger partial charge in [0.1, 0.15) is 0 Å². The largest absolute Gasteiger partial charge is 0.385 e. The molecule has 4 nitrogen and oxygen atoms in total. The molecule has 0 radical (unpaired) electrons. The van der Waals surface area contributed by atoms with E-state index in [9.17, 15) is 9.90 Å². The van der Waals surface area contributed by atoms with E-state index in [1.54, 1.807) is 0 Å². The summed E-state index contributed by atoms with van der Waals surface area (Å²) >= 11 is 6.53. The van der Waals surface area contributed by atoms with Crippen molar-refractivity contribution in [1.82, 2.24) is 9.80 Å². The number of aliphatic hydroxyl groups is 1. The van der Waals surface area contributed by atoms with Gasteiger partial charge in [-0.2, -0.15) is 0 Å². The van der Waals surface area contributed by atoms with Crippen molar-refractivity contribution in [3.63, 3.8) is 0 Å². The van der Waals surface area contributed by atoms with E-state index in [-0.39, 0.29) is 11.8 Å². The first kappa shape index (κ1) is 18.3. The smallest absolute Gasteiger partial charge is 0.225 e. The van der Waals surface area contributed by atoms with Crippen LogP contribution in [0.2, 0.25) is 5.02 Å². The molecule has 1 aromatic rings. The second-order valence-electron chi connectivity index (χ2n) is 8.44. The highest BCUT2D eigenvalue weighted by Crippen LogP contribution is 2.47. The lowest BCUT2D eigenvalue weighted by Crippen LogP contribution is -2.48. The summed E-state index contributed by atoms with van der Waals surface area (Å²) in [6, 6.07) is 6.57. The zero-order valence-electron chi connectivity index (χ0n) is 15.6. The average Bonchev–Trinajstić information content (AvgIpc) is 3.25. The van der Waals surface area contributed by atoms with E-state index < -0.39 is 5.60 Å². The van der Waals surface area contributed by atoms with Crippen LogP contribution in [0.4, 0.5) is 0 Å². The molecule has 3 fully saturated rings. The van der Waals surface area contributed by atoms with Crippen LogP contribution >= 0.6 is 11.6 Å². The van der Waals surface area contributed by atoms with Crippen LogP contribution in [0.15, 0.2) is 18.2 Å². The second kappa shape index (κ2) is 7.14. The minimum Gasteiger partial charge on any atom is -0.385 e. The molecule has 0 spiro atoms. The fraction of sp³-hybridized carbons (Fsp3) is 0.667. The number of nitrogens with zero attached hydrogens (tertiary/aromatic N) is 2. The van der Waals surface area contributed by atoms with E-state index in [4.69, 9.17) is 11.6 Å². The number of hydrogen-bond donors (Lipinski definition) is 1. The molecule has 2 aliphatic heterocycles. The summed E-state index contributed by atoms with van der Waals surface area (Å²) in [6.45, 7) is 6.02. The number of rotatable bonds is 4. The van der Waals surface area contributed by atoms with E-state index in [2.05, 4.69) is 17.9 Å². The molecule has 4 rings (SSSR count). The first-order valence-corrected chi connectivity index (χ1v) is 10.4. The third kappa shape index (κ3) is 3.39. The molecule has 1 saturated carbocycles. The number of carbonyl (C=O) groups is 1. The molecule has 2 saturated heterocycles. The first-order chi connectivity index (χ1) is 12.5. The number of hydrogen-bond acceptors (Lipinski definition) is 3. The van der Waals surface area contributed by atoms with Gasteiger partial charge in [-0.3, -0.25) is 9.69 Å². The van der Waals surface area contributed by atoms with E-state index in [1.165, 1.54) is 12.8 Å². The molecule has 142 valence electrons. The fourth-order valence-electron chi connectivity index (χ4n) is 4.77. The third-order valence-corrected chi connectivity index (χ3v) is 6.94. The maximum Gasteiger partial charge on any atom is 0.225 e. The topological polar surface area (TPSA) is 43.8 Å². The van der Waals surface area contributed by atoms with Gasteiger partial charge in [-0.05, 0) is 69.2 Å². The van der Waals surface area contributed by atoms with Gasteiger partial charge < -0.3 is 10.0 Å². The minimum absolute atomic E-state index is 0.0398. The van der Waals surface area contributed by atoms with Crippen LogP contribution in [-0.2, 0) is 16.9 Å². The summed E-state index contributed by atoms with van der Waals surface area (Å²) in [5.74, 6) is 0.180. The van der Waals surface area contributed by atoms with Gasteiger partial charge in [0.25, 0.3) is 0 Å². The Bertz CT molecular complexity index is 681. The molecule has 0 aromatic heterocycles. The number of halogens is 1. The summed E-state index contributed by atoms with van der Waals surface area (Å²) in [4.78, 5) is 16.9. The normalized spacial score (nSPS) is 32.0.